The molecule has 0 unspecified atom stereocenters. The molecule has 146 valence electrons. The number of esters is 1. The predicted molar refractivity (Wildman–Crippen MR) is 119 cm³/mol. The Bertz CT molecular complexity index is 987. The zero-order valence-corrected chi connectivity index (χ0v) is 18.4. The topological polar surface area (TPSA) is 39.2 Å². The zero-order valence-electron chi connectivity index (χ0n) is 16.0. The van der Waals surface area contributed by atoms with Crippen molar-refractivity contribution in [2.75, 3.05) is 6.61 Å². The van der Waals surface area contributed by atoms with E-state index in [1.165, 1.54) is 0 Å². The second kappa shape index (κ2) is 9.53. The average molecular weight is 461 g/mol. The van der Waals surface area contributed by atoms with Crippen LogP contribution in [-0.4, -0.2) is 17.6 Å². The standard InChI is InChI=1S/C23H23BrClNO2/c1-15(2)7-6-12-28-21(27)14-19-22(16-8-5-9-17(24)13-16)18-10-3-4-11-20(18)26-23(19)25/h3-5,8-11,13,15H,6-7,12,14H2,1-2H3. The van der Waals surface area contributed by atoms with Crippen LogP contribution in [0.4, 0.5) is 0 Å². The van der Waals surface area contributed by atoms with Crippen molar-refractivity contribution in [2.24, 2.45) is 5.92 Å². The summed E-state index contributed by atoms with van der Waals surface area (Å²) in [5, 5.41) is 1.31. The molecule has 0 N–H and O–H groups in total. The Morgan fingerprint density at radius 3 is 2.71 bits per heavy atom. The SMILES string of the molecule is CC(C)CCCOC(=O)Cc1c(Cl)nc2ccccc2c1-c1cccc(Br)c1. The molecule has 0 aliphatic rings. The quantitative estimate of drug-likeness (QED) is 0.220. The maximum atomic E-state index is 12.5. The van der Waals surface area contributed by atoms with E-state index in [0.29, 0.717) is 23.2 Å². The molecule has 0 aliphatic heterocycles. The molecule has 0 atom stereocenters. The number of rotatable bonds is 7. The molecule has 3 rings (SSSR count). The predicted octanol–water partition coefficient (Wildman–Crippen LogP) is 6.84. The summed E-state index contributed by atoms with van der Waals surface area (Å²) >= 11 is 10.0. The van der Waals surface area contributed by atoms with Gasteiger partial charge in [0.05, 0.1) is 18.5 Å². The van der Waals surface area contributed by atoms with E-state index in [1.807, 2.05) is 48.5 Å². The molecule has 0 amide bonds. The second-order valence-electron chi connectivity index (χ2n) is 7.22. The van der Waals surface area contributed by atoms with E-state index in [1.54, 1.807) is 0 Å². The van der Waals surface area contributed by atoms with Crippen LogP contribution in [-0.2, 0) is 16.0 Å². The van der Waals surface area contributed by atoms with Gasteiger partial charge in [-0.3, -0.25) is 4.79 Å². The molecular weight excluding hydrogens is 438 g/mol. The number of carbonyl (C=O) groups excluding carboxylic acids is 1. The highest BCUT2D eigenvalue weighted by Gasteiger charge is 2.19. The number of fused-ring (bicyclic) bond motifs is 1. The van der Waals surface area contributed by atoms with Gasteiger partial charge in [-0.15, -0.1) is 0 Å². The number of aromatic nitrogens is 1. The highest BCUT2D eigenvalue weighted by molar-refractivity contribution is 9.10. The number of carbonyl (C=O) groups is 1. The number of benzene rings is 2. The van der Waals surface area contributed by atoms with Crippen molar-refractivity contribution in [2.45, 2.75) is 33.1 Å². The first kappa shape index (κ1) is 20.8. The lowest BCUT2D eigenvalue weighted by atomic mass is 9.95. The first-order valence-corrected chi connectivity index (χ1v) is 10.6. The van der Waals surface area contributed by atoms with E-state index < -0.39 is 0 Å². The lowest BCUT2D eigenvalue weighted by Gasteiger charge is -2.15. The van der Waals surface area contributed by atoms with Crippen LogP contribution in [0.15, 0.2) is 53.0 Å². The number of para-hydroxylation sites is 1. The molecule has 0 bridgehead atoms. The third kappa shape index (κ3) is 5.12. The normalized spacial score (nSPS) is 11.2. The Kier molecular flexibility index (Phi) is 7.08. The molecule has 3 nitrogen and oxygen atoms in total. The fraction of sp³-hybridized carbons (Fsp3) is 0.304. The molecule has 0 spiro atoms. The molecule has 0 saturated carbocycles. The molecule has 1 aromatic heterocycles. The monoisotopic (exact) mass is 459 g/mol. The molecule has 5 heteroatoms. The van der Waals surface area contributed by atoms with Crippen LogP contribution in [0.5, 0.6) is 0 Å². The van der Waals surface area contributed by atoms with Gasteiger partial charge in [0.2, 0.25) is 0 Å². The number of pyridine rings is 1. The van der Waals surface area contributed by atoms with Gasteiger partial charge in [-0.05, 0) is 48.1 Å². The summed E-state index contributed by atoms with van der Waals surface area (Å²) in [6.07, 6.45) is 2.00. The molecular formula is C23H23BrClNO2. The van der Waals surface area contributed by atoms with Gasteiger partial charge in [-0.2, -0.15) is 0 Å². The summed E-state index contributed by atoms with van der Waals surface area (Å²) < 4.78 is 6.41. The lowest BCUT2D eigenvalue weighted by Crippen LogP contribution is -2.11. The van der Waals surface area contributed by atoms with Crippen molar-refractivity contribution in [1.29, 1.82) is 0 Å². The van der Waals surface area contributed by atoms with E-state index in [4.69, 9.17) is 16.3 Å². The second-order valence-corrected chi connectivity index (χ2v) is 8.49. The minimum atomic E-state index is -0.279. The summed E-state index contributed by atoms with van der Waals surface area (Å²) in [6.45, 7) is 4.75. The van der Waals surface area contributed by atoms with E-state index in [9.17, 15) is 4.79 Å². The molecule has 1 heterocycles. The molecule has 3 aromatic rings. The summed E-state index contributed by atoms with van der Waals surface area (Å²) in [5.74, 6) is 0.319. The Balaban J connectivity index is 1.96. The Morgan fingerprint density at radius 2 is 1.96 bits per heavy atom. The maximum Gasteiger partial charge on any atom is 0.310 e. The van der Waals surface area contributed by atoms with Crippen molar-refractivity contribution >= 4 is 44.4 Å². The highest BCUT2D eigenvalue weighted by Crippen LogP contribution is 2.36. The smallest absolute Gasteiger partial charge is 0.310 e. The van der Waals surface area contributed by atoms with Gasteiger partial charge >= 0.3 is 5.97 Å². The molecule has 0 aliphatic carbocycles. The van der Waals surface area contributed by atoms with Crippen LogP contribution < -0.4 is 0 Å². The van der Waals surface area contributed by atoms with Crippen LogP contribution in [0.1, 0.15) is 32.3 Å². The van der Waals surface area contributed by atoms with Crippen molar-refractivity contribution in [3.05, 3.63) is 63.7 Å². The molecule has 0 fully saturated rings. The van der Waals surface area contributed by atoms with Gasteiger partial charge in [0.25, 0.3) is 0 Å². The van der Waals surface area contributed by atoms with Crippen molar-refractivity contribution in [1.82, 2.24) is 4.98 Å². The Hall–Kier alpha value is -1.91. The van der Waals surface area contributed by atoms with Crippen LogP contribution in [0.25, 0.3) is 22.0 Å². The molecule has 0 saturated heterocycles. The van der Waals surface area contributed by atoms with E-state index in [-0.39, 0.29) is 12.4 Å². The first-order chi connectivity index (χ1) is 13.5. The van der Waals surface area contributed by atoms with Gasteiger partial charge in [0.1, 0.15) is 5.15 Å². The van der Waals surface area contributed by atoms with E-state index in [0.717, 1.165) is 39.3 Å². The first-order valence-electron chi connectivity index (χ1n) is 9.44. The summed E-state index contributed by atoms with van der Waals surface area (Å²) in [7, 11) is 0. The Labute approximate surface area is 179 Å². The largest absolute Gasteiger partial charge is 0.465 e. The Morgan fingerprint density at radius 1 is 1.18 bits per heavy atom. The van der Waals surface area contributed by atoms with Gasteiger partial charge in [-0.25, -0.2) is 4.98 Å². The molecule has 28 heavy (non-hydrogen) atoms. The van der Waals surface area contributed by atoms with Crippen molar-refractivity contribution < 1.29 is 9.53 Å². The third-order valence-electron chi connectivity index (χ3n) is 4.57. The van der Waals surface area contributed by atoms with Crippen LogP contribution in [0.2, 0.25) is 5.15 Å². The lowest BCUT2D eigenvalue weighted by molar-refractivity contribution is -0.143. The van der Waals surface area contributed by atoms with Gasteiger partial charge in [-0.1, -0.05) is 71.7 Å². The number of hydrogen-bond donors (Lipinski definition) is 0. The van der Waals surface area contributed by atoms with Crippen molar-refractivity contribution in [3.8, 4) is 11.1 Å². The minimum Gasteiger partial charge on any atom is -0.465 e. The average Bonchev–Trinajstić information content (AvgIpc) is 2.65. The summed E-state index contributed by atoms with van der Waals surface area (Å²) in [6, 6.07) is 15.8. The van der Waals surface area contributed by atoms with E-state index >= 15 is 0 Å². The fourth-order valence-electron chi connectivity index (χ4n) is 3.23. The molecule has 2 aromatic carbocycles. The summed E-state index contributed by atoms with van der Waals surface area (Å²) in [4.78, 5) is 17.0. The van der Waals surface area contributed by atoms with Crippen LogP contribution >= 0.6 is 27.5 Å². The van der Waals surface area contributed by atoms with Gasteiger partial charge < -0.3 is 4.74 Å². The van der Waals surface area contributed by atoms with Crippen LogP contribution in [0, 0.1) is 5.92 Å². The van der Waals surface area contributed by atoms with Crippen molar-refractivity contribution in [3.63, 3.8) is 0 Å². The maximum absolute atomic E-state index is 12.5. The number of ether oxygens (including phenoxy) is 1. The van der Waals surface area contributed by atoms with Gasteiger partial charge in [0.15, 0.2) is 0 Å². The molecule has 0 radical (unpaired) electrons. The summed E-state index contributed by atoms with van der Waals surface area (Å²) in [5.41, 5.74) is 3.41. The van der Waals surface area contributed by atoms with Crippen LogP contribution in [0.3, 0.4) is 0 Å². The highest BCUT2D eigenvalue weighted by atomic mass is 79.9. The number of nitrogens with zero attached hydrogens (tertiary/aromatic N) is 1. The zero-order chi connectivity index (χ0) is 20.1. The minimum absolute atomic E-state index is 0.0974. The fourth-order valence-corrected chi connectivity index (χ4v) is 3.88. The van der Waals surface area contributed by atoms with Gasteiger partial charge in [0, 0.05) is 15.4 Å². The third-order valence-corrected chi connectivity index (χ3v) is 5.37. The number of halogens is 2. The van der Waals surface area contributed by atoms with E-state index in [2.05, 4.69) is 34.8 Å². The number of hydrogen-bond acceptors (Lipinski definition) is 3.